The van der Waals surface area contributed by atoms with Gasteiger partial charge < -0.3 is 10.2 Å². The number of hydrogen-bond donors (Lipinski definition) is 1. The van der Waals surface area contributed by atoms with E-state index in [1.54, 1.807) is 17.0 Å². The van der Waals surface area contributed by atoms with Crippen LogP contribution in [0.25, 0.3) is 0 Å². The van der Waals surface area contributed by atoms with Gasteiger partial charge in [0.05, 0.1) is 12.8 Å². The van der Waals surface area contributed by atoms with Gasteiger partial charge in [-0.05, 0) is 50.8 Å². The number of aromatic nitrogens is 2. The van der Waals surface area contributed by atoms with E-state index in [1.807, 2.05) is 13.8 Å². The Bertz CT molecular complexity index is 950. The van der Waals surface area contributed by atoms with Crippen LogP contribution in [0.2, 0.25) is 0 Å². The van der Waals surface area contributed by atoms with Gasteiger partial charge in [-0.2, -0.15) is 0 Å². The average molecular weight is 410 g/mol. The van der Waals surface area contributed by atoms with Gasteiger partial charge in [-0.25, -0.2) is 14.4 Å². The van der Waals surface area contributed by atoms with Gasteiger partial charge in [0.25, 0.3) is 0 Å². The Morgan fingerprint density at radius 1 is 1.13 bits per heavy atom. The topological polar surface area (TPSA) is 75.2 Å². The molecule has 1 atom stereocenters. The number of benzene rings is 1. The van der Waals surface area contributed by atoms with Gasteiger partial charge in [0.1, 0.15) is 11.6 Å². The van der Waals surface area contributed by atoms with E-state index in [0.29, 0.717) is 31.1 Å². The fraction of sp³-hybridized carbons (Fsp3) is 0.478. The molecule has 158 valence electrons. The molecule has 7 heteroatoms. The van der Waals surface area contributed by atoms with Crippen LogP contribution in [0.5, 0.6) is 0 Å². The molecular weight excluding hydrogens is 383 g/mol. The van der Waals surface area contributed by atoms with Gasteiger partial charge in [-0.3, -0.25) is 9.59 Å². The maximum absolute atomic E-state index is 13.4. The second kappa shape index (κ2) is 8.50. The minimum absolute atomic E-state index is 0.00934. The van der Waals surface area contributed by atoms with E-state index in [4.69, 9.17) is 0 Å². The second-order valence-corrected chi connectivity index (χ2v) is 8.38. The number of likely N-dealkylation sites (tertiary alicyclic amines) is 1. The third-order valence-corrected chi connectivity index (χ3v) is 5.87. The summed E-state index contributed by atoms with van der Waals surface area (Å²) in [6, 6.07) is 6.51. The normalized spacial score (nSPS) is 18.5. The minimum Gasteiger partial charge on any atom is -0.353 e. The quantitative estimate of drug-likeness (QED) is 0.794. The summed E-state index contributed by atoms with van der Waals surface area (Å²) in [6.07, 6.45) is 3.43. The molecular formula is C23H27FN4O2. The predicted octanol–water partition coefficient (Wildman–Crippen LogP) is 2.61. The molecule has 1 aliphatic carbocycles. The van der Waals surface area contributed by atoms with Crippen LogP contribution < -0.4 is 5.32 Å². The summed E-state index contributed by atoms with van der Waals surface area (Å²) in [6.45, 7) is 5.04. The Kier molecular flexibility index (Phi) is 5.79. The van der Waals surface area contributed by atoms with Crippen molar-refractivity contribution in [1.29, 1.82) is 0 Å². The molecule has 0 radical (unpaired) electrons. The SMILES string of the molecule is Cc1nc([C@H]2CCN(C(=O)Cc3cccc(F)c3)C2)nc(C)c1CC(=O)NC1CC1. The summed E-state index contributed by atoms with van der Waals surface area (Å²) in [7, 11) is 0. The van der Waals surface area contributed by atoms with Gasteiger partial charge in [0, 0.05) is 42.0 Å². The lowest BCUT2D eigenvalue weighted by atomic mass is 10.0. The maximum Gasteiger partial charge on any atom is 0.227 e. The summed E-state index contributed by atoms with van der Waals surface area (Å²) >= 11 is 0. The third-order valence-electron chi connectivity index (χ3n) is 5.87. The van der Waals surface area contributed by atoms with E-state index < -0.39 is 0 Å². The average Bonchev–Trinajstić information content (AvgIpc) is 3.35. The fourth-order valence-electron chi connectivity index (χ4n) is 4.00. The summed E-state index contributed by atoms with van der Waals surface area (Å²) in [5.41, 5.74) is 3.22. The highest BCUT2D eigenvalue weighted by Crippen LogP contribution is 2.27. The molecule has 1 saturated carbocycles. The Labute approximate surface area is 175 Å². The molecule has 0 bridgehead atoms. The molecule has 6 nitrogen and oxygen atoms in total. The monoisotopic (exact) mass is 410 g/mol. The van der Waals surface area contributed by atoms with E-state index in [0.717, 1.165) is 42.0 Å². The zero-order chi connectivity index (χ0) is 21.3. The zero-order valence-corrected chi connectivity index (χ0v) is 17.4. The van der Waals surface area contributed by atoms with Crippen LogP contribution >= 0.6 is 0 Å². The van der Waals surface area contributed by atoms with Crippen LogP contribution in [0.4, 0.5) is 4.39 Å². The Morgan fingerprint density at radius 3 is 2.53 bits per heavy atom. The number of nitrogens with one attached hydrogen (secondary N) is 1. The lowest BCUT2D eigenvalue weighted by Crippen LogP contribution is -2.30. The number of hydrogen-bond acceptors (Lipinski definition) is 4. The van der Waals surface area contributed by atoms with E-state index in [1.165, 1.54) is 12.1 Å². The molecule has 1 aliphatic heterocycles. The minimum atomic E-state index is -0.329. The van der Waals surface area contributed by atoms with Crippen LogP contribution in [0.3, 0.4) is 0 Å². The van der Waals surface area contributed by atoms with Crippen molar-refractivity contribution in [3.8, 4) is 0 Å². The van der Waals surface area contributed by atoms with Crippen LogP contribution in [0.1, 0.15) is 53.5 Å². The first-order chi connectivity index (χ1) is 14.4. The molecule has 30 heavy (non-hydrogen) atoms. The largest absolute Gasteiger partial charge is 0.353 e. The van der Waals surface area contributed by atoms with Gasteiger partial charge in [-0.15, -0.1) is 0 Å². The van der Waals surface area contributed by atoms with Crippen molar-refractivity contribution in [1.82, 2.24) is 20.2 Å². The van der Waals surface area contributed by atoms with Crippen molar-refractivity contribution in [3.63, 3.8) is 0 Å². The maximum atomic E-state index is 13.4. The molecule has 4 rings (SSSR count). The summed E-state index contributed by atoms with van der Waals surface area (Å²) in [5.74, 6) is 0.496. The third kappa shape index (κ3) is 4.83. The number of nitrogens with zero attached hydrogens (tertiary/aromatic N) is 3. The smallest absolute Gasteiger partial charge is 0.227 e. The van der Waals surface area contributed by atoms with Crippen molar-refractivity contribution in [2.24, 2.45) is 0 Å². The van der Waals surface area contributed by atoms with Crippen LogP contribution in [0, 0.1) is 19.7 Å². The summed E-state index contributed by atoms with van der Waals surface area (Å²) in [5, 5.41) is 3.01. The number of carbonyl (C=O) groups is 2. The molecule has 2 fully saturated rings. The van der Waals surface area contributed by atoms with Crippen molar-refractivity contribution < 1.29 is 14.0 Å². The molecule has 0 spiro atoms. The molecule has 0 unspecified atom stereocenters. The Morgan fingerprint density at radius 2 is 1.87 bits per heavy atom. The number of carbonyl (C=O) groups excluding carboxylic acids is 2. The van der Waals surface area contributed by atoms with Gasteiger partial charge in [-0.1, -0.05) is 12.1 Å². The van der Waals surface area contributed by atoms with Crippen molar-refractivity contribution in [2.75, 3.05) is 13.1 Å². The lowest BCUT2D eigenvalue weighted by Gasteiger charge is -2.17. The highest BCUT2D eigenvalue weighted by atomic mass is 19.1. The number of amides is 2. The molecule has 1 saturated heterocycles. The molecule has 2 aromatic rings. The number of halogens is 1. The molecule has 2 heterocycles. The highest BCUT2D eigenvalue weighted by Gasteiger charge is 2.30. The first kappa shape index (κ1) is 20.4. The molecule has 1 N–H and O–H groups in total. The molecule has 2 amide bonds. The van der Waals surface area contributed by atoms with Gasteiger partial charge in [0.15, 0.2) is 0 Å². The molecule has 1 aromatic heterocycles. The van der Waals surface area contributed by atoms with E-state index in [-0.39, 0.29) is 30.0 Å². The number of aryl methyl sites for hydroxylation is 2. The fourth-order valence-corrected chi connectivity index (χ4v) is 4.00. The number of rotatable bonds is 6. The van der Waals surface area contributed by atoms with Gasteiger partial charge in [0.2, 0.25) is 11.8 Å². The first-order valence-electron chi connectivity index (χ1n) is 10.5. The molecule has 1 aromatic carbocycles. The zero-order valence-electron chi connectivity index (χ0n) is 17.4. The van der Waals surface area contributed by atoms with Crippen LogP contribution in [0.15, 0.2) is 24.3 Å². The van der Waals surface area contributed by atoms with E-state index in [2.05, 4.69) is 15.3 Å². The summed E-state index contributed by atoms with van der Waals surface area (Å²) < 4.78 is 13.4. The predicted molar refractivity (Wildman–Crippen MR) is 110 cm³/mol. The highest BCUT2D eigenvalue weighted by molar-refractivity contribution is 5.80. The van der Waals surface area contributed by atoms with Crippen molar-refractivity contribution >= 4 is 11.8 Å². The van der Waals surface area contributed by atoms with Gasteiger partial charge >= 0.3 is 0 Å². The van der Waals surface area contributed by atoms with E-state index >= 15 is 0 Å². The van der Waals surface area contributed by atoms with Crippen molar-refractivity contribution in [2.45, 2.75) is 57.9 Å². The van der Waals surface area contributed by atoms with Crippen LogP contribution in [-0.4, -0.2) is 45.8 Å². The van der Waals surface area contributed by atoms with Crippen molar-refractivity contribution in [3.05, 3.63) is 58.4 Å². The second-order valence-electron chi connectivity index (χ2n) is 8.38. The van der Waals surface area contributed by atoms with Crippen LogP contribution in [-0.2, 0) is 22.4 Å². The summed E-state index contributed by atoms with van der Waals surface area (Å²) in [4.78, 5) is 35.9. The van der Waals surface area contributed by atoms with E-state index in [9.17, 15) is 14.0 Å². The standard InChI is InChI=1S/C23H27FN4O2/c1-14-20(12-21(29)27-19-6-7-19)15(2)26-23(25-14)17-8-9-28(13-17)22(30)11-16-4-3-5-18(24)10-16/h3-5,10,17,19H,6-9,11-13H2,1-2H3,(H,27,29)/t17-/m0/s1. The Hall–Kier alpha value is -2.83. The molecule has 2 aliphatic rings. The Balaban J connectivity index is 1.39. The lowest BCUT2D eigenvalue weighted by molar-refractivity contribution is -0.129. The first-order valence-corrected chi connectivity index (χ1v) is 10.5.